The van der Waals surface area contributed by atoms with E-state index in [-0.39, 0.29) is 12.3 Å². The minimum absolute atomic E-state index is 0.156. The summed E-state index contributed by atoms with van der Waals surface area (Å²) >= 11 is 0. The van der Waals surface area contributed by atoms with Crippen LogP contribution in [0.5, 0.6) is 0 Å². The molecule has 1 aromatic heterocycles. The lowest BCUT2D eigenvalue weighted by molar-refractivity contribution is -0.141. The topological polar surface area (TPSA) is 84.2 Å². The number of aliphatic carboxylic acids is 1. The third-order valence-electron chi connectivity index (χ3n) is 2.74. The molecule has 0 bridgehead atoms. The van der Waals surface area contributed by atoms with Crippen LogP contribution in [-0.2, 0) is 23.1 Å². The Bertz CT molecular complexity index is 451. The molecule has 1 heterocycles. The van der Waals surface area contributed by atoms with Gasteiger partial charge in [0, 0.05) is 18.3 Å². The van der Waals surface area contributed by atoms with Crippen molar-refractivity contribution in [3.8, 4) is 0 Å². The maximum Gasteiger partial charge on any atom is 0.325 e. The Morgan fingerprint density at radius 3 is 2.47 bits per heavy atom. The van der Waals surface area contributed by atoms with Crippen LogP contribution in [0, 0.1) is 13.8 Å². The first-order valence-electron chi connectivity index (χ1n) is 5.34. The standard InChI is InChI=1S/C11H17N3O3/c1-6-9(8(3)14(4)13-6)5-10(15)12-7(2)11(16)17/h7H,5H2,1-4H3,(H,12,15)(H,16,17). The summed E-state index contributed by atoms with van der Waals surface area (Å²) in [5, 5.41) is 15.3. The zero-order chi connectivity index (χ0) is 13.2. The van der Waals surface area contributed by atoms with Gasteiger partial charge in [-0.2, -0.15) is 5.10 Å². The molecule has 0 aliphatic heterocycles. The van der Waals surface area contributed by atoms with Crippen LogP contribution in [0.1, 0.15) is 23.9 Å². The molecule has 1 unspecified atom stereocenters. The highest BCUT2D eigenvalue weighted by molar-refractivity contribution is 5.84. The molecule has 6 heteroatoms. The number of carbonyl (C=O) groups is 2. The van der Waals surface area contributed by atoms with Crippen LogP contribution in [-0.4, -0.2) is 32.8 Å². The van der Waals surface area contributed by atoms with Gasteiger partial charge in [-0.15, -0.1) is 0 Å². The molecular formula is C11H17N3O3. The van der Waals surface area contributed by atoms with Crippen molar-refractivity contribution in [2.75, 3.05) is 0 Å². The molecule has 0 aliphatic rings. The molecule has 0 fully saturated rings. The molecule has 0 aromatic carbocycles. The van der Waals surface area contributed by atoms with E-state index in [0.29, 0.717) is 0 Å². The second kappa shape index (κ2) is 4.99. The second-order valence-corrected chi connectivity index (χ2v) is 4.08. The minimum atomic E-state index is -1.04. The van der Waals surface area contributed by atoms with E-state index in [1.807, 2.05) is 20.9 Å². The van der Waals surface area contributed by atoms with Crippen LogP contribution in [0.25, 0.3) is 0 Å². The van der Waals surface area contributed by atoms with Gasteiger partial charge in [0.25, 0.3) is 0 Å². The summed E-state index contributed by atoms with van der Waals surface area (Å²) in [6, 6.07) is -0.875. The number of carbonyl (C=O) groups excluding carboxylic acids is 1. The van der Waals surface area contributed by atoms with E-state index in [1.165, 1.54) is 6.92 Å². The van der Waals surface area contributed by atoms with Gasteiger partial charge >= 0.3 is 5.97 Å². The molecule has 0 saturated carbocycles. The lowest BCUT2D eigenvalue weighted by Gasteiger charge is -2.09. The summed E-state index contributed by atoms with van der Waals surface area (Å²) in [5.74, 6) is -1.35. The Hall–Kier alpha value is -1.85. The van der Waals surface area contributed by atoms with E-state index >= 15 is 0 Å². The first-order chi connectivity index (χ1) is 7.82. The average molecular weight is 239 g/mol. The summed E-state index contributed by atoms with van der Waals surface area (Å²) in [7, 11) is 1.81. The quantitative estimate of drug-likeness (QED) is 0.784. The predicted octanol–water partition coefficient (Wildman–Crippen LogP) is 0.169. The molecule has 0 spiro atoms. The van der Waals surface area contributed by atoms with Crippen molar-refractivity contribution >= 4 is 11.9 Å². The molecule has 2 N–H and O–H groups in total. The number of hydrogen-bond acceptors (Lipinski definition) is 3. The predicted molar refractivity (Wildman–Crippen MR) is 61.6 cm³/mol. The van der Waals surface area contributed by atoms with Gasteiger partial charge in [0.15, 0.2) is 0 Å². The summed E-state index contributed by atoms with van der Waals surface area (Å²) in [5.41, 5.74) is 2.56. The maximum atomic E-state index is 11.6. The zero-order valence-corrected chi connectivity index (χ0v) is 10.4. The number of carboxylic acid groups (broad SMARTS) is 1. The Morgan fingerprint density at radius 1 is 1.47 bits per heavy atom. The molecule has 0 saturated heterocycles. The van der Waals surface area contributed by atoms with Gasteiger partial charge in [0.1, 0.15) is 6.04 Å². The zero-order valence-electron chi connectivity index (χ0n) is 10.4. The lowest BCUT2D eigenvalue weighted by Crippen LogP contribution is -2.39. The number of nitrogens with zero attached hydrogens (tertiary/aromatic N) is 2. The number of nitrogens with one attached hydrogen (secondary N) is 1. The lowest BCUT2D eigenvalue weighted by atomic mass is 10.1. The van der Waals surface area contributed by atoms with Crippen molar-refractivity contribution < 1.29 is 14.7 Å². The second-order valence-electron chi connectivity index (χ2n) is 4.08. The van der Waals surface area contributed by atoms with E-state index in [2.05, 4.69) is 10.4 Å². The smallest absolute Gasteiger partial charge is 0.325 e. The third kappa shape index (κ3) is 3.05. The fourth-order valence-electron chi connectivity index (χ4n) is 1.59. The molecule has 17 heavy (non-hydrogen) atoms. The van der Waals surface area contributed by atoms with Crippen molar-refractivity contribution in [2.45, 2.75) is 33.2 Å². The fraction of sp³-hybridized carbons (Fsp3) is 0.545. The van der Waals surface area contributed by atoms with Crippen molar-refractivity contribution in [1.29, 1.82) is 0 Å². The molecule has 1 atom stereocenters. The van der Waals surface area contributed by atoms with Gasteiger partial charge in [-0.3, -0.25) is 14.3 Å². The summed E-state index contributed by atoms with van der Waals surface area (Å²) in [6.45, 7) is 5.14. The Morgan fingerprint density at radius 2 is 2.06 bits per heavy atom. The first kappa shape index (κ1) is 13.2. The molecular weight excluding hydrogens is 222 g/mol. The molecule has 6 nitrogen and oxygen atoms in total. The monoisotopic (exact) mass is 239 g/mol. The third-order valence-corrected chi connectivity index (χ3v) is 2.74. The van der Waals surface area contributed by atoms with Crippen LogP contribution in [0.15, 0.2) is 0 Å². The van der Waals surface area contributed by atoms with E-state index in [1.54, 1.807) is 4.68 Å². The van der Waals surface area contributed by atoms with Crippen molar-refractivity contribution in [3.05, 3.63) is 17.0 Å². The van der Waals surface area contributed by atoms with Crippen LogP contribution in [0.3, 0.4) is 0 Å². The largest absolute Gasteiger partial charge is 0.480 e. The number of aryl methyl sites for hydroxylation is 2. The van der Waals surface area contributed by atoms with E-state index in [0.717, 1.165) is 17.0 Å². The highest BCUT2D eigenvalue weighted by Gasteiger charge is 2.17. The van der Waals surface area contributed by atoms with E-state index in [4.69, 9.17) is 5.11 Å². The number of aromatic nitrogens is 2. The molecule has 0 aliphatic carbocycles. The minimum Gasteiger partial charge on any atom is -0.480 e. The van der Waals surface area contributed by atoms with Crippen LogP contribution in [0.4, 0.5) is 0 Å². The highest BCUT2D eigenvalue weighted by Crippen LogP contribution is 2.12. The fourth-order valence-corrected chi connectivity index (χ4v) is 1.59. The molecule has 94 valence electrons. The van der Waals surface area contributed by atoms with E-state index in [9.17, 15) is 9.59 Å². The maximum absolute atomic E-state index is 11.6. The number of hydrogen-bond donors (Lipinski definition) is 2. The Balaban J connectivity index is 2.72. The van der Waals surface area contributed by atoms with Gasteiger partial charge in [-0.25, -0.2) is 0 Å². The first-order valence-corrected chi connectivity index (χ1v) is 5.34. The van der Waals surface area contributed by atoms with Crippen molar-refractivity contribution in [3.63, 3.8) is 0 Å². The van der Waals surface area contributed by atoms with Gasteiger partial charge in [-0.1, -0.05) is 0 Å². The molecule has 1 rings (SSSR count). The number of rotatable bonds is 4. The van der Waals surface area contributed by atoms with Crippen LogP contribution >= 0.6 is 0 Å². The Labute approximate surface area is 99.6 Å². The van der Waals surface area contributed by atoms with Gasteiger partial charge < -0.3 is 10.4 Å². The number of carboxylic acids is 1. The summed E-state index contributed by atoms with van der Waals surface area (Å²) < 4.78 is 1.71. The Kier molecular flexibility index (Phi) is 3.88. The van der Waals surface area contributed by atoms with Crippen LogP contribution < -0.4 is 5.32 Å². The summed E-state index contributed by atoms with van der Waals surface area (Å²) in [4.78, 5) is 22.2. The molecule has 1 aromatic rings. The van der Waals surface area contributed by atoms with Gasteiger partial charge in [-0.05, 0) is 20.8 Å². The van der Waals surface area contributed by atoms with Crippen molar-refractivity contribution in [2.24, 2.45) is 7.05 Å². The highest BCUT2D eigenvalue weighted by atomic mass is 16.4. The summed E-state index contributed by atoms with van der Waals surface area (Å²) in [6.07, 6.45) is 0.156. The van der Waals surface area contributed by atoms with E-state index < -0.39 is 12.0 Å². The number of amides is 1. The molecule has 0 radical (unpaired) electrons. The van der Waals surface area contributed by atoms with Gasteiger partial charge in [0.05, 0.1) is 12.1 Å². The van der Waals surface area contributed by atoms with Crippen LogP contribution in [0.2, 0.25) is 0 Å². The average Bonchev–Trinajstić information content (AvgIpc) is 2.45. The van der Waals surface area contributed by atoms with Crippen molar-refractivity contribution in [1.82, 2.24) is 15.1 Å². The molecule has 1 amide bonds. The normalized spacial score (nSPS) is 12.2. The SMILES string of the molecule is Cc1nn(C)c(C)c1CC(=O)NC(C)C(=O)O. The van der Waals surface area contributed by atoms with Gasteiger partial charge in [0.2, 0.25) is 5.91 Å².